The highest BCUT2D eigenvalue weighted by atomic mass is 16.5. The van der Waals surface area contributed by atoms with Crippen molar-refractivity contribution in [3.05, 3.63) is 84.7 Å². The Morgan fingerprint density at radius 3 is 2.39 bits per heavy atom. The van der Waals surface area contributed by atoms with Crippen LogP contribution >= 0.6 is 0 Å². The quantitative estimate of drug-likeness (QED) is 0.266. The summed E-state index contributed by atoms with van der Waals surface area (Å²) in [5.41, 5.74) is 10.2. The van der Waals surface area contributed by atoms with Gasteiger partial charge in [0.05, 0.1) is 34.9 Å². The van der Waals surface area contributed by atoms with Crippen molar-refractivity contribution in [2.24, 2.45) is 0 Å². The van der Waals surface area contributed by atoms with Gasteiger partial charge in [0.1, 0.15) is 29.3 Å². The third-order valence-electron chi connectivity index (χ3n) is 8.23. The molecule has 1 atom stereocenters. The molecule has 12 nitrogen and oxygen atoms in total. The predicted octanol–water partition coefficient (Wildman–Crippen LogP) is 4.02. The van der Waals surface area contributed by atoms with E-state index >= 15 is 0 Å². The molecule has 5 aromatic rings. The molecule has 3 N–H and O–H groups in total. The summed E-state index contributed by atoms with van der Waals surface area (Å²) in [5.74, 6) is 0.930. The minimum absolute atomic E-state index is 0.151. The number of benzene rings is 2. The number of nitrogens with two attached hydrogens (primary N) is 1. The average Bonchev–Trinajstić information content (AvgIpc) is 3.44. The van der Waals surface area contributed by atoms with Crippen LogP contribution in [0.15, 0.2) is 73.3 Å². The van der Waals surface area contributed by atoms with E-state index in [4.69, 9.17) is 15.6 Å². The number of piperidine rings is 2. The number of hydrogen-bond donors (Lipinski definition) is 2. The number of fused-ring (bicyclic) bond motifs is 1. The molecule has 0 saturated carbocycles. The molecule has 44 heavy (non-hydrogen) atoms. The number of hydrogen-bond acceptors (Lipinski definition) is 10. The summed E-state index contributed by atoms with van der Waals surface area (Å²) in [5, 5.41) is 8.16. The van der Waals surface area contributed by atoms with Crippen LogP contribution in [-0.2, 0) is 16.1 Å². The lowest BCUT2D eigenvalue weighted by molar-refractivity contribution is -0.134. The summed E-state index contributed by atoms with van der Waals surface area (Å²) < 4.78 is 7.96. The van der Waals surface area contributed by atoms with Crippen molar-refractivity contribution in [2.75, 3.05) is 18.8 Å². The number of para-hydroxylation sites is 1. The fraction of sp³-hybridized carbons (Fsp3) is 0.281. The van der Waals surface area contributed by atoms with Crippen LogP contribution < -0.4 is 15.8 Å². The highest BCUT2D eigenvalue weighted by Crippen LogP contribution is 2.35. The van der Waals surface area contributed by atoms with Gasteiger partial charge >= 0.3 is 0 Å². The topological polar surface area (TPSA) is 154 Å². The molecule has 2 saturated heterocycles. The van der Waals surface area contributed by atoms with Gasteiger partial charge in [-0.1, -0.05) is 18.2 Å². The van der Waals surface area contributed by atoms with Crippen LogP contribution in [0.3, 0.4) is 0 Å². The Balaban J connectivity index is 1.04. The summed E-state index contributed by atoms with van der Waals surface area (Å²) in [6, 6.07) is 17.6. The van der Waals surface area contributed by atoms with Gasteiger partial charge in [0.2, 0.25) is 11.8 Å². The molecular weight excluding hydrogens is 558 g/mol. The van der Waals surface area contributed by atoms with Gasteiger partial charge in [0.25, 0.3) is 0 Å². The molecule has 2 amide bonds. The van der Waals surface area contributed by atoms with Crippen LogP contribution in [0.5, 0.6) is 11.5 Å². The van der Waals surface area contributed by atoms with E-state index < -0.39 is 5.92 Å². The first-order chi connectivity index (χ1) is 21.5. The first-order valence-corrected chi connectivity index (χ1v) is 14.7. The van der Waals surface area contributed by atoms with Crippen LogP contribution in [0.25, 0.3) is 22.3 Å². The largest absolute Gasteiger partial charge is 0.457 e. The van der Waals surface area contributed by atoms with Gasteiger partial charge in [0.15, 0.2) is 5.65 Å². The minimum atomic E-state index is -0.433. The number of nitrogens with zero attached hydrogens (tertiary/aromatic N) is 7. The van der Waals surface area contributed by atoms with Crippen molar-refractivity contribution < 1.29 is 14.3 Å². The molecule has 2 fully saturated rings. The Kier molecular flexibility index (Phi) is 7.40. The molecule has 5 heterocycles. The highest BCUT2D eigenvalue weighted by Gasteiger charge is 2.30. The summed E-state index contributed by atoms with van der Waals surface area (Å²) in [6.45, 7) is 2.36. The lowest BCUT2D eigenvalue weighted by Gasteiger charge is -2.31. The SMILES string of the molecule is Nc1ncnc2c1c(-c1ccc(Oc3ccccc3)cc1)nn2C1CCN(Cc2cnc(C3CCC(=O)NC3=O)cn2)CC1. The van der Waals surface area contributed by atoms with Crippen molar-refractivity contribution >= 4 is 28.7 Å². The van der Waals surface area contributed by atoms with Gasteiger partial charge in [0, 0.05) is 37.8 Å². The van der Waals surface area contributed by atoms with E-state index in [1.807, 2.05) is 59.3 Å². The maximum absolute atomic E-state index is 12.2. The van der Waals surface area contributed by atoms with E-state index in [0.717, 1.165) is 65.4 Å². The number of carbonyl (C=O) groups is 2. The molecule has 222 valence electrons. The Labute approximate surface area is 253 Å². The highest BCUT2D eigenvalue weighted by molar-refractivity contribution is 6.00. The number of imide groups is 1. The molecule has 7 rings (SSSR count). The smallest absolute Gasteiger partial charge is 0.235 e. The van der Waals surface area contributed by atoms with Gasteiger partial charge < -0.3 is 10.5 Å². The second kappa shape index (κ2) is 11.8. The van der Waals surface area contributed by atoms with E-state index in [0.29, 0.717) is 30.9 Å². The van der Waals surface area contributed by atoms with E-state index in [1.54, 1.807) is 12.4 Å². The molecule has 3 aromatic heterocycles. The van der Waals surface area contributed by atoms with Crippen molar-refractivity contribution in [3.63, 3.8) is 0 Å². The van der Waals surface area contributed by atoms with Gasteiger partial charge in [-0.15, -0.1) is 0 Å². The zero-order valence-electron chi connectivity index (χ0n) is 24.0. The number of nitrogens with one attached hydrogen (secondary N) is 1. The molecule has 0 aliphatic carbocycles. The molecule has 0 radical (unpaired) electrons. The third-order valence-corrected chi connectivity index (χ3v) is 8.23. The fourth-order valence-corrected chi connectivity index (χ4v) is 5.91. The van der Waals surface area contributed by atoms with E-state index in [1.165, 1.54) is 6.33 Å². The molecule has 0 bridgehead atoms. The molecule has 1 unspecified atom stereocenters. The van der Waals surface area contributed by atoms with Crippen LogP contribution in [0.4, 0.5) is 5.82 Å². The normalized spacial score (nSPS) is 18.0. The number of ether oxygens (including phenoxy) is 1. The van der Waals surface area contributed by atoms with Crippen molar-refractivity contribution in [1.82, 2.24) is 39.9 Å². The summed E-state index contributed by atoms with van der Waals surface area (Å²) >= 11 is 0. The molecule has 0 spiro atoms. The number of carbonyl (C=O) groups excluding carboxylic acids is 2. The minimum Gasteiger partial charge on any atom is -0.457 e. The Hall–Kier alpha value is -5.23. The average molecular weight is 590 g/mol. The molecular formula is C32H31N9O3. The van der Waals surface area contributed by atoms with Crippen molar-refractivity contribution in [3.8, 4) is 22.8 Å². The predicted molar refractivity (Wildman–Crippen MR) is 162 cm³/mol. The molecule has 2 aliphatic heterocycles. The standard InChI is InChI=1S/C32H31N9O3/c33-30-28-29(20-6-8-24(9-7-20)44-23-4-2-1-3-5-23)39-41(31(28)37-19-36-30)22-12-14-40(15-13-22)18-21-16-35-26(17-34-21)25-10-11-27(42)38-32(25)43/h1-9,16-17,19,22,25H,10-15,18H2,(H2,33,36,37)(H,38,42,43). The van der Waals surface area contributed by atoms with E-state index in [2.05, 4.69) is 30.2 Å². The Morgan fingerprint density at radius 2 is 1.66 bits per heavy atom. The van der Waals surface area contributed by atoms with Crippen molar-refractivity contribution in [2.45, 2.75) is 44.2 Å². The molecule has 2 aliphatic rings. The van der Waals surface area contributed by atoms with Gasteiger partial charge in [-0.2, -0.15) is 5.10 Å². The summed E-state index contributed by atoms with van der Waals surface area (Å²) in [6.07, 6.45) is 7.41. The Bertz CT molecular complexity index is 1800. The van der Waals surface area contributed by atoms with E-state index in [9.17, 15) is 9.59 Å². The number of rotatable bonds is 7. The second-order valence-corrected chi connectivity index (χ2v) is 11.1. The zero-order chi connectivity index (χ0) is 30.0. The summed E-state index contributed by atoms with van der Waals surface area (Å²) in [7, 11) is 0. The maximum atomic E-state index is 12.2. The molecule has 12 heteroatoms. The number of aromatic nitrogens is 6. The van der Waals surface area contributed by atoms with Gasteiger partial charge in [-0.25, -0.2) is 14.6 Å². The van der Waals surface area contributed by atoms with Crippen LogP contribution in [-0.4, -0.2) is 59.5 Å². The fourth-order valence-electron chi connectivity index (χ4n) is 5.91. The number of amides is 2. The van der Waals surface area contributed by atoms with Gasteiger partial charge in [-0.3, -0.25) is 29.8 Å². The van der Waals surface area contributed by atoms with Crippen LogP contribution in [0.1, 0.15) is 49.0 Å². The van der Waals surface area contributed by atoms with Crippen LogP contribution in [0, 0.1) is 0 Å². The van der Waals surface area contributed by atoms with Gasteiger partial charge in [-0.05, 0) is 55.7 Å². The third kappa shape index (κ3) is 5.59. The first-order valence-electron chi connectivity index (χ1n) is 14.7. The zero-order valence-corrected chi connectivity index (χ0v) is 24.0. The maximum Gasteiger partial charge on any atom is 0.235 e. The van der Waals surface area contributed by atoms with Crippen molar-refractivity contribution in [1.29, 1.82) is 0 Å². The number of likely N-dealkylation sites (tertiary alicyclic amines) is 1. The number of nitrogen functional groups attached to an aromatic ring is 1. The van der Waals surface area contributed by atoms with E-state index in [-0.39, 0.29) is 17.9 Å². The van der Waals surface area contributed by atoms with Crippen LogP contribution in [0.2, 0.25) is 0 Å². The first kappa shape index (κ1) is 27.6. The molecule has 2 aromatic carbocycles. The number of anilines is 1. The lowest BCUT2D eigenvalue weighted by Crippen LogP contribution is -2.39. The monoisotopic (exact) mass is 589 g/mol. The Morgan fingerprint density at radius 1 is 0.886 bits per heavy atom. The lowest BCUT2D eigenvalue weighted by atomic mass is 9.95. The summed E-state index contributed by atoms with van der Waals surface area (Å²) in [4.78, 5) is 43.9. The second-order valence-electron chi connectivity index (χ2n) is 11.1.